The molecule has 1 aliphatic heterocycles. The van der Waals surface area contributed by atoms with Crippen LogP contribution >= 0.6 is 22.6 Å². The van der Waals surface area contributed by atoms with Crippen molar-refractivity contribution in [1.29, 1.82) is 0 Å². The molecule has 1 aromatic carbocycles. The van der Waals surface area contributed by atoms with Crippen LogP contribution < -0.4 is 11.1 Å². The molecule has 104 valence electrons. The monoisotopic (exact) mass is 373 g/mol. The largest absolute Gasteiger partial charge is 0.397 e. The maximum absolute atomic E-state index is 12.3. The highest BCUT2D eigenvalue weighted by Gasteiger charge is 2.22. The van der Waals surface area contributed by atoms with Crippen molar-refractivity contribution in [2.45, 2.75) is 32.2 Å². The summed E-state index contributed by atoms with van der Waals surface area (Å²) in [7, 11) is 0. The Morgan fingerprint density at radius 3 is 2.68 bits per heavy atom. The number of halogens is 1. The first-order valence-corrected chi connectivity index (χ1v) is 7.76. The third-order valence-electron chi connectivity index (χ3n) is 3.42. The van der Waals surface area contributed by atoms with Gasteiger partial charge in [0.1, 0.15) is 6.04 Å². The fourth-order valence-electron chi connectivity index (χ4n) is 2.35. The smallest absolute Gasteiger partial charge is 0.244 e. The molecular weight excluding hydrogens is 353 g/mol. The maximum atomic E-state index is 12.3. The number of carbonyl (C=O) groups excluding carboxylic acids is 1. The number of carbonyl (C=O) groups is 1. The van der Waals surface area contributed by atoms with E-state index in [1.807, 2.05) is 30.0 Å². The summed E-state index contributed by atoms with van der Waals surface area (Å²) in [6.45, 7) is 3.66. The average Bonchev–Trinajstić information content (AvgIpc) is 2.42. The van der Waals surface area contributed by atoms with Crippen LogP contribution in [0.5, 0.6) is 0 Å². The Kier molecular flexibility index (Phi) is 4.90. The second-order valence-corrected chi connectivity index (χ2v) is 6.23. The highest BCUT2D eigenvalue weighted by molar-refractivity contribution is 14.1. The lowest BCUT2D eigenvalue weighted by Crippen LogP contribution is -2.43. The van der Waals surface area contributed by atoms with Crippen LogP contribution in [0.1, 0.15) is 26.2 Å². The van der Waals surface area contributed by atoms with Crippen LogP contribution in [0.4, 0.5) is 11.4 Å². The van der Waals surface area contributed by atoms with E-state index < -0.39 is 0 Å². The Labute approximate surface area is 127 Å². The van der Waals surface area contributed by atoms with Gasteiger partial charge in [-0.05, 0) is 67.0 Å². The lowest BCUT2D eigenvalue weighted by molar-refractivity contribution is -0.132. The molecule has 0 spiro atoms. The summed E-state index contributed by atoms with van der Waals surface area (Å²) in [4.78, 5) is 14.3. The Morgan fingerprint density at radius 2 is 2.05 bits per heavy atom. The summed E-state index contributed by atoms with van der Waals surface area (Å²) in [6, 6.07) is 5.58. The van der Waals surface area contributed by atoms with Crippen LogP contribution in [0.25, 0.3) is 0 Å². The van der Waals surface area contributed by atoms with Gasteiger partial charge in [-0.25, -0.2) is 0 Å². The van der Waals surface area contributed by atoms with E-state index >= 15 is 0 Å². The molecule has 4 nitrogen and oxygen atoms in total. The molecule has 1 amide bonds. The van der Waals surface area contributed by atoms with Crippen LogP contribution in [0.15, 0.2) is 18.2 Å². The Morgan fingerprint density at radius 1 is 1.37 bits per heavy atom. The molecule has 19 heavy (non-hydrogen) atoms. The fourth-order valence-corrected chi connectivity index (χ4v) is 2.86. The normalized spacial score (nSPS) is 17.1. The molecule has 1 atom stereocenters. The first-order valence-electron chi connectivity index (χ1n) is 6.68. The number of rotatable bonds is 3. The first kappa shape index (κ1) is 14.4. The number of nitrogens with one attached hydrogen (secondary N) is 1. The first-order chi connectivity index (χ1) is 9.08. The van der Waals surface area contributed by atoms with E-state index in [0.717, 1.165) is 35.2 Å². The Hall–Kier alpha value is -0.980. The van der Waals surface area contributed by atoms with Crippen LogP contribution in [0, 0.1) is 3.57 Å². The number of benzene rings is 1. The van der Waals surface area contributed by atoms with Crippen molar-refractivity contribution in [1.82, 2.24) is 4.90 Å². The molecule has 1 aliphatic rings. The van der Waals surface area contributed by atoms with E-state index in [-0.39, 0.29) is 11.9 Å². The molecular formula is C14H20IN3O. The minimum Gasteiger partial charge on any atom is -0.397 e. The Balaban J connectivity index is 1.99. The van der Waals surface area contributed by atoms with E-state index in [2.05, 4.69) is 27.9 Å². The van der Waals surface area contributed by atoms with Crippen LogP contribution in [0.3, 0.4) is 0 Å². The summed E-state index contributed by atoms with van der Waals surface area (Å²) < 4.78 is 1.09. The molecule has 1 unspecified atom stereocenters. The van der Waals surface area contributed by atoms with Crippen molar-refractivity contribution >= 4 is 39.9 Å². The van der Waals surface area contributed by atoms with Gasteiger partial charge in [-0.15, -0.1) is 0 Å². The third-order valence-corrected chi connectivity index (χ3v) is 4.09. The summed E-state index contributed by atoms with van der Waals surface area (Å²) in [5.74, 6) is 0.164. The van der Waals surface area contributed by atoms with Gasteiger partial charge in [-0.1, -0.05) is 0 Å². The number of likely N-dealkylation sites (tertiary alicyclic amines) is 1. The van der Waals surface area contributed by atoms with Crippen molar-refractivity contribution in [3.63, 3.8) is 0 Å². The second kappa shape index (κ2) is 6.45. The lowest BCUT2D eigenvalue weighted by atomic mass is 10.1. The maximum Gasteiger partial charge on any atom is 0.244 e. The van der Waals surface area contributed by atoms with E-state index in [1.54, 1.807) is 0 Å². The molecule has 0 radical (unpaired) electrons. The lowest BCUT2D eigenvalue weighted by Gasteiger charge is -2.30. The topological polar surface area (TPSA) is 58.4 Å². The third kappa shape index (κ3) is 3.75. The predicted octanol–water partition coefficient (Wildman–Crippen LogP) is 2.69. The van der Waals surface area contributed by atoms with Gasteiger partial charge >= 0.3 is 0 Å². The van der Waals surface area contributed by atoms with Crippen LogP contribution in [-0.2, 0) is 4.79 Å². The van der Waals surface area contributed by atoms with Crippen LogP contribution in [0.2, 0.25) is 0 Å². The number of piperidine rings is 1. The van der Waals surface area contributed by atoms with Crippen molar-refractivity contribution in [2.75, 3.05) is 24.1 Å². The highest BCUT2D eigenvalue weighted by atomic mass is 127. The number of nitrogens with zero attached hydrogens (tertiary/aromatic N) is 1. The molecule has 2 rings (SSSR count). The summed E-state index contributed by atoms with van der Waals surface area (Å²) in [5.41, 5.74) is 7.47. The number of hydrogen-bond donors (Lipinski definition) is 2. The van der Waals surface area contributed by atoms with Crippen molar-refractivity contribution in [2.24, 2.45) is 0 Å². The SMILES string of the molecule is CC(Nc1ccc(I)cc1N)C(=O)N1CCCCC1. The number of anilines is 2. The van der Waals surface area contributed by atoms with Gasteiger partial charge in [-0.2, -0.15) is 0 Å². The second-order valence-electron chi connectivity index (χ2n) is 4.98. The Bertz CT molecular complexity index is 458. The van der Waals surface area contributed by atoms with E-state index in [4.69, 9.17) is 5.73 Å². The summed E-state index contributed by atoms with van der Waals surface area (Å²) >= 11 is 2.22. The summed E-state index contributed by atoms with van der Waals surface area (Å²) in [6.07, 6.45) is 3.46. The molecule has 0 aliphatic carbocycles. The minimum atomic E-state index is -0.236. The summed E-state index contributed by atoms with van der Waals surface area (Å²) in [5, 5.41) is 3.21. The molecule has 0 aromatic heterocycles. The highest BCUT2D eigenvalue weighted by Crippen LogP contribution is 2.22. The van der Waals surface area contributed by atoms with Gasteiger partial charge in [0.25, 0.3) is 0 Å². The van der Waals surface area contributed by atoms with Crippen molar-refractivity contribution < 1.29 is 4.79 Å². The molecule has 0 saturated carbocycles. The van der Waals surface area contributed by atoms with E-state index in [1.165, 1.54) is 6.42 Å². The zero-order chi connectivity index (χ0) is 13.8. The van der Waals surface area contributed by atoms with Gasteiger partial charge in [0.2, 0.25) is 5.91 Å². The van der Waals surface area contributed by atoms with Gasteiger partial charge < -0.3 is 16.0 Å². The van der Waals surface area contributed by atoms with Crippen LogP contribution in [-0.4, -0.2) is 29.9 Å². The van der Waals surface area contributed by atoms with Gasteiger partial charge in [-0.3, -0.25) is 4.79 Å². The van der Waals surface area contributed by atoms with E-state index in [0.29, 0.717) is 5.69 Å². The molecule has 0 bridgehead atoms. The molecule has 1 saturated heterocycles. The molecule has 5 heteroatoms. The molecule has 3 N–H and O–H groups in total. The average molecular weight is 373 g/mol. The number of nitrogens with two attached hydrogens (primary N) is 1. The molecule has 1 heterocycles. The fraction of sp³-hybridized carbons (Fsp3) is 0.500. The van der Waals surface area contributed by atoms with Crippen molar-refractivity contribution in [3.05, 3.63) is 21.8 Å². The quantitative estimate of drug-likeness (QED) is 0.633. The molecule has 1 aromatic rings. The van der Waals surface area contributed by atoms with Gasteiger partial charge in [0.05, 0.1) is 11.4 Å². The van der Waals surface area contributed by atoms with Gasteiger partial charge in [0, 0.05) is 16.7 Å². The predicted molar refractivity (Wildman–Crippen MR) is 87.1 cm³/mol. The zero-order valence-electron chi connectivity index (χ0n) is 11.2. The van der Waals surface area contributed by atoms with Crippen molar-refractivity contribution in [3.8, 4) is 0 Å². The molecule has 1 fully saturated rings. The van der Waals surface area contributed by atoms with E-state index in [9.17, 15) is 4.79 Å². The standard InChI is InChI=1S/C14H20IN3O/c1-10(14(19)18-7-3-2-4-8-18)17-13-6-5-11(15)9-12(13)16/h5-6,9-10,17H,2-4,7-8,16H2,1H3. The number of nitrogen functional groups attached to an aromatic ring is 1. The number of amides is 1. The minimum absolute atomic E-state index is 0.164. The zero-order valence-corrected chi connectivity index (χ0v) is 13.3. The number of hydrogen-bond acceptors (Lipinski definition) is 3. The van der Waals surface area contributed by atoms with Gasteiger partial charge in [0.15, 0.2) is 0 Å².